The van der Waals surface area contributed by atoms with E-state index in [2.05, 4.69) is 34.6 Å². The van der Waals surface area contributed by atoms with Crippen LogP contribution in [-0.2, 0) is 11.2 Å². The molecule has 0 bridgehead atoms. The summed E-state index contributed by atoms with van der Waals surface area (Å²) < 4.78 is 0. The summed E-state index contributed by atoms with van der Waals surface area (Å²) in [4.78, 5) is 20.6. The minimum absolute atomic E-state index is 0. The quantitative estimate of drug-likeness (QED) is 0.225. The maximum Gasteiger partial charge on any atom is 2.00 e. The van der Waals surface area contributed by atoms with E-state index in [1.807, 2.05) is 19.1 Å². The maximum absolute atomic E-state index is 10.6. The van der Waals surface area contributed by atoms with Gasteiger partial charge in [-0.2, -0.15) is 0 Å². The Labute approximate surface area is 221 Å². The normalized spacial score (nSPS) is 9.03. The van der Waals surface area contributed by atoms with Crippen LogP contribution < -0.4 is 10.2 Å². The standard InChI is InChI=1S/C10H12O2.C10H20O2.2C4H9.Sn/c1-2-5-8-6-3-4-7-9(8)10(11)12;1-2-3-4-5-6-7-8-9-10(11)12;2*1-3-4-2;/h3-4,6-7H,2,5H2,1H3,(H,11,12);2-9H2,1H3,(H,11,12);2*1,3-4H2,2H3;/q;;;;+2/p-2. The van der Waals surface area contributed by atoms with Crippen LogP contribution in [0.1, 0.15) is 127 Å². The first-order chi connectivity index (χ1) is 15.4. The smallest absolute Gasteiger partial charge is 0.550 e. The van der Waals surface area contributed by atoms with Gasteiger partial charge in [0.2, 0.25) is 0 Å². The number of aromatic carboxylic acids is 1. The molecule has 4 radical (unpaired) electrons. The van der Waals surface area contributed by atoms with E-state index in [0.717, 1.165) is 44.1 Å². The number of hydrogen-bond donors (Lipinski definition) is 0. The predicted molar refractivity (Wildman–Crippen MR) is 139 cm³/mol. The van der Waals surface area contributed by atoms with Crippen molar-refractivity contribution >= 4 is 35.8 Å². The number of rotatable bonds is 13. The molecule has 188 valence electrons. The van der Waals surface area contributed by atoms with Crippen molar-refractivity contribution in [2.75, 3.05) is 0 Å². The van der Waals surface area contributed by atoms with Crippen LogP contribution in [0.2, 0.25) is 0 Å². The second-order valence-electron chi connectivity index (χ2n) is 7.65. The average Bonchev–Trinajstić information content (AvgIpc) is 2.79. The van der Waals surface area contributed by atoms with E-state index in [1.165, 1.54) is 44.9 Å². The molecule has 4 nitrogen and oxygen atoms in total. The summed E-state index contributed by atoms with van der Waals surface area (Å²) in [7, 11) is 0. The molecule has 5 heteroatoms. The Morgan fingerprint density at radius 2 is 1.18 bits per heavy atom. The van der Waals surface area contributed by atoms with E-state index in [4.69, 9.17) is 0 Å². The van der Waals surface area contributed by atoms with Gasteiger partial charge in [-0.1, -0.05) is 136 Å². The van der Waals surface area contributed by atoms with Gasteiger partial charge in [0.05, 0.1) is 5.97 Å². The molecule has 1 aromatic rings. The van der Waals surface area contributed by atoms with Crippen molar-refractivity contribution in [3.63, 3.8) is 0 Å². The molecule has 0 aromatic heterocycles. The third-order valence-corrected chi connectivity index (χ3v) is 4.45. The molecule has 0 aliphatic carbocycles. The van der Waals surface area contributed by atoms with Crippen LogP contribution in [0.3, 0.4) is 0 Å². The van der Waals surface area contributed by atoms with Crippen LogP contribution >= 0.6 is 0 Å². The number of carboxylic acid groups (broad SMARTS) is 2. The third-order valence-electron chi connectivity index (χ3n) is 4.45. The van der Waals surface area contributed by atoms with E-state index in [9.17, 15) is 19.8 Å². The SMILES string of the molecule is CCCCCCCCCC(=O)[O-].CCCc1ccccc1C(=O)[O-].[CH2]CCC.[CH2]CCC.[Sn+2]. The Morgan fingerprint density at radius 3 is 1.58 bits per heavy atom. The first-order valence-corrected chi connectivity index (χ1v) is 12.4. The predicted octanol–water partition coefficient (Wildman–Crippen LogP) is 5.74. The summed E-state index contributed by atoms with van der Waals surface area (Å²) >= 11 is 0. The first-order valence-electron chi connectivity index (χ1n) is 12.4. The van der Waals surface area contributed by atoms with Gasteiger partial charge in [0.25, 0.3) is 0 Å². The number of hydrogen-bond acceptors (Lipinski definition) is 4. The molecule has 0 heterocycles. The van der Waals surface area contributed by atoms with Gasteiger partial charge in [-0.05, 0) is 24.8 Å². The van der Waals surface area contributed by atoms with Gasteiger partial charge in [-0.3, -0.25) is 0 Å². The van der Waals surface area contributed by atoms with E-state index in [-0.39, 0.29) is 30.3 Å². The number of carboxylic acids is 2. The van der Waals surface area contributed by atoms with Gasteiger partial charge in [-0.15, -0.1) is 0 Å². The average molecular weight is 567 g/mol. The Bertz CT molecular complexity index is 524. The van der Waals surface area contributed by atoms with Gasteiger partial charge < -0.3 is 19.8 Å². The van der Waals surface area contributed by atoms with Gasteiger partial charge in [-0.25, -0.2) is 0 Å². The molecule has 0 saturated heterocycles. The summed E-state index contributed by atoms with van der Waals surface area (Å²) in [5, 5.41) is 20.6. The summed E-state index contributed by atoms with van der Waals surface area (Å²) in [5.41, 5.74) is 1.18. The van der Waals surface area contributed by atoms with Crippen LogP contribution in [0.15, 0.2) is 24.3 Å². The van der Waals surface area contributed by atoms with Gasteiger partial charge in [0.15, 0.2) is 0 Å². The van der Waals surface area contributed by atoms with E-state index in [0.29, 0.717) is 5.56 Å². The molecular formula is C28H48O4Sn. The molecule has 0 aliphatic heterocycles. The zero-order valence-electron chi connectivity index (χ0n) is 21.8. The molecule has 0 unspecified atom stereocenters. The molecule has 0 aliphatic rings. The van der Waals surface area contributed by atoms with Crippen LogP contribution in [0, 0.1) is 13.8 Å². The number of aliphatic carboxylic acids is 1. The number of benzene rings is 1. The second kappa shape index (κ2) is 33.1. The number of unbranched alkanes of at least 4 members (excludes halogenated alkanes) is 8. The van der Waals surface area contributed by atoms with Crippen LogP contribution in [0.25, 0.3) is 0 Å². The summed E-state index contributed by atoms with van der Waals surface area (Å²) in [5.74, 6) is -2.00. The summed E-state index contributed by atoms with van der Waals surface area (Å²) in [6.07, 6.45) is 14.6. The van der Waals surface area contributed by atoms with Crippen molar-refractivity contribution in [2.24, 2.45) is 0 Å². The van der Waals surface area contributed by atoms with Crippen molar-refractivity contribution in [3.05, 3.63) is 49.2 Å². The van der Waals surface area contributed by atoms with Gasteiger partial charge >= 0.3 is 23.9 Å². The zero-order chi connectivity index (χ0) is 25.0. The monoisotopic (exact) mass is 568 g/mol. The summed E-state index contributed by atoms with van der Waals surface area (Å²) in [6, 6.07) is 6.97. The van der Waals surface area contributed by atoms with Crippen molar-refractivity contribution in [1.82, 2.24) is 0 Å². The summed E-state index contributed by atoms with van der Waals surface area (Å²) in [6.45, 7) is 15.7. The Balaban J connectivity index is -0.000000189. The molecule has 1 aromatic carbocycles. The molecule has 0 atom stereocenters. The zero-order valence-corrected chi connectivity index (χ0v) is 24.6. The fourth-order valence-electron chi connectivity index (χ4n) is 2.43. The van der Waals surface area contributed by atoms with Crippen LogP contribution in [-0.4, -0.2) is 35.8 Å². The second-order valence-corrected chi connectivity index (χ2v) is 7.65. The molecule has 0 saturated carbocycles. The van der Waals surface area contributed by atoms with Crippen molar-refractivity contribution in [3.8, 4) is 0 Å². The van der Waals surface area contributed by atoms with E-state index < -0.39 is 11.9 Å². The van der Waals surface area contributed by atoms with Crippen molar-refractivity contribution in [1.29, 1.82) is 0 Å². The molecule has 1 rings (SSSR count). The number of carbonyl (C=O) groups is 2. The third kappa shape index (κ3) is 33.2. The molecule has 0 N–H and O–H groups in total. The van der Waals surface area contributed by atoms with E-state index >= 15 is 0 Å². The largest absolute Gasteiger partial charge is 2.00 e. The topological polar surface area (TPSA) is 80.3 Å². The van der Waals surface area contributed by atoms with Crippen LogP contribution in [0.4, 0.5) is 0 Å². The minimum Gasteiger partial charge on any atom is -0.550 e. The molecular weight excluding hydrogens is 519 g/mol. The van der Waals surface area contributed by atoms with E-state index in [1.54, 1.807) is 12.1 Å². The molecule has 33 heavy (non-hydrogen) atoms. The van der Waals surface area contributed by atoms with Gasteiger partial charge in [0, 0.05) is 11.5 Å². The Kier molecular flexibility index (Phi) is 39.3. The molecule has 0 fully saturated rings. The van der Waals surface area contributed by atoms with Crippen molar-refractivity contribution < 1.29 is 19.8 Å². The first kappa shape index (κ1) is 39.2. The number of carbonyl (C=O) groups excluding carboxylic acids is 2. The minimum atomic E-state index is -1.08. The molecule has 0 amide bonds. The van der Waals surface area contributed by atoms with Crippen molar-refractivity contribution in [2.45, 2.75) is 118 Å². The molecule has 0 spiro atoms. The van der Waals surface area contributed by atoms with Gasteiger partial charge in [0.1, 0.15) is 0 Å². The Morgan fingerprint density at radius 1 is 0.727 bits per heavy atom. The fourth-order valence-corrected chi connectivity index (χ4v) is 2.43. The Hall–Kier alpha value is -1.04. The number of aryl methyl sites for hydroxylation is 1. The maximum atomic E-state index is 10.6. The fraction of sp³-hybridized carbons (Fsp3) is 0.643. The van der Waals surface area contributed by atoms with Crippen LogP contribution in [0.5, 0.6) is 0 Å².